The number of carboxylic acid groups (broad SMARTS) is 6. The van der Waals surface area contributed by atoms with Crippen LogP contribution in [0.25, 0.3) is 0 Å². The first-order valence-electron chi connectivity index (χ1n) is 18.6. The third-order valence-electron chi connectivity index (χ3n) is 9.19. The van der Waals surface area contributed by atoms with Crippen LogP contribution in [0.5, 0.6) is 0 Å². The molecular weight excluding hydrogens is 756 g/mol. The molecule has 0 aliphatic heterocycles. The average molecular weight is 811 g/mol. The fourth-order valence-corrected chi connectivity index (χ4v) is 6.89. The minimum Gasteiger partial charge on any atom is -0.478 e. The molecule has 0 aromatic heterocycles. The SMILES string of the molecule is O=C(O)c1c(CCCCO)c(CCCCO)c(C(=O)O)c(C(=O)O)c1CCCCO.O=C(O)c1c(CCCO)c(CCCO)c(C(=O)O)c(C(=O)O)c1CCCO. The van der Waals surface area contributed by atoms with Gasteiger partial charge in [-0.2, -0.15) is 0 Å². The molecule has 0 saturated carbocycles. The van der Waals surface area contributed by atoms with Crippen molar-refractivity contribution in [3.05, 3.63) is 66.8 Å². The van der Waals surface area contributed by atoms with Crippen LogP contribution in [-0.2, 0) is 38.5 Å². The molecule has 0 aliphatic rings. The van der Waals surface area contributed by atoms with Gasteiger partial charge in [0.05, 0.1) is 33.4 Å². The van der Waals surface area contributed by atoms with Crippen LogP contribution in [0.4, 0.5) is 0 Å². The molecule has 2 rings (SSSR count). The minimum atomic E-state index is -1.57. The van der Waals surface area contributed by atoms with Crippen molar-refractivity contribution in [3.63, 3.8) is 0 Å². The number of aliphatic hydroxyl groups excluding tert-OH is 6. The summed E-state index contributed by atoms with van der Waals surface area (Å²) in [6.07, 6.45) is 2.72. The van der Waals surface area contributed by atoms with Gasteiger partial charge in [-0.15, -0.1) is 0 Å². The van der Waals surface area contributed by atoms with Gasteiger partial charge in [-0.05, 0) is 130 Å². The molecule has 57 heavy (non-hydrogen) atoms. The predicted octanol–water partition coefficient (Wildman–Crippen LogP) is 2.28. The minimum absolute atomic E-state index is 0.00796. The Bertz CT molecular complexity index is 1710. The third kappa shape index (κ3) is 13.9. The predicted molar refractivity (Wildman–Crippen MR) is 201 cm³/mol. The lowest BCUT2D eigenvalue weighted by Crippen LogP contribution is -2.23. The van der Waals surface area contributed by atoms with E-state index in [9.17, 15) is 59.4 Å². The highest BCUT2D eigenvalue weighted by Crippen LogP contribution is 2.34. The Kier molecular flexibility index (Phi) is 22.9. The Morgan fingerprint density at radius 2 is 0.421 bits per heavy atom. The quantitative estimate of drug-likeness (QED) is 0.0576. The van der Waals surface area contributed by atoms with Gasteiger partial charge >= 0.3 is 35.8 Å². The molecule has 0 aliphatic carbocycles. The summed E-state index contributed by atoms with van der Waals surface area (Å²) >= 11 is 0. The second kappa shape index (κ2) is 26.0. The molecule has 0 radical (unpaired) electrons. The van der Waals surface area contributed by atoms with Crippen molar-refractivity contribution in [2.75, 3.05) is 39.6 Å². The number of unbranched alkanes of at least 4 members (excludes halogenated alkanes) is 3. The second-order valence-electron chi connectivity index (χ2n) is 13.0. The highest BCUT2D eigenvalue weighted by molar-refractivity contribution is 6.08. The van der Waals surface area contributed by atoms with Crippen LogP contribution >= 0.6 is 0 Å². The van der Waals surface area contributed by atoms with Crippen molar-refractivity contribution in [3.8, 4) is 0 Å². The van der Waals surface area contributed by atoms with E-state index < -0.39 is 58.1 Å². The van der Waals surface area contributed by atoms with Crippen LogP contribution in [0.2, 0.25) is 0 Å². The molecule has 0 saturated heterocycles. The first kappa shape index (κ1) is 50.0. The molecular formula is C39H54O18. The zero-order chi connectivity index (χ0) is 43.2. The number of carbonyl (C=O) groups is 6. The van der Waals surface area contributed by atoms with Gasteiger partial charge in [0.1, 0.15) is 0 Å². The van der Waals surface area contributed by atoms with E-state index in [1.54, 1.807) is 0 Å². The molecule has 0 atom stereocenters. The lowest BCUT2D eigenvalue weighted by molar-refractivity contribution is 0.0645. The van der Waals surface area contributed by atoms with Crippen LogP contribution in [0.3, 0.4) is 0 Å². The van der Waals surface area contributed by atoms with E-state index in [1.807, 2.05) is 0 Å². The van der Waals surface area contributed by atoms with E-state index in [2.05, 4.69) is 0 Å². The van der Waals surface area contributed by atoms with E-state index >= 15 is 0 Å². The van der Waals surface area contributed by atoms with E-state index in [0.29, 0.717) is 38.5 Å². The first-order chi connectivity index (χ1) is 27.1. The monoisotopic (exact) mass is 810 g/mol. The summed E-state index contributed by atoms with van der Waals surface area (Å²) in [5, 5.41) is 113. The number of rotatable bonds is 27. The van der Waals surface area contributed by atoms with E-state index in [4.69, 9.17) is 30.6 Å². The Balaban J connectivity index is 0.000000573. The maximum Gasteiger partial charge on any atom is 0.336 e. The van der Waals surface area contributed by atoms with Crippen molar-refractivity contribution < 1.29 is 90.0 Å². The van der Waals surface area contributed by atoms with Crippen molar-refractivity contribution in [2.45, 2.75) is 96.3 Å². The molecule has 0 amide bonds. The highest BCUT2D eigenvalue weighted by atomic mass is 16.4. The molecule has 18 nitrogen and oxygen atoms in total. The van der Waals surface area contributed by atoms with Crippen LogP contribution in [0, 0.1) is 0 Å². The highest BCUT2D eigenvalue weighted by Gasteiger charge is 2.34. The van der Waals surface area contributed by atoms with Gasteiger partial charge in [0, 0.05) is 39.6 Å². The molecule has 2 aromatic rings. The Morgan fingerprint density at radius 3 is 0.649 bits per heavy atom. The molecule has 0 fully saturated rings. The van der Waals surface area contributed by atoms with E-state index in [0.717, 1.165) is 0 Å². The fraction of sp³-hybridized carbons (Fsp3) is 0.538. The lowest BCUT2D eigenvalue weighted by Gasteiger charge is -2.22. The molecule has 18 heteroatoms. The molecule has 0 spiro atoms. The van der Waals surface area contributed by atoms with Crippen LogP contribution < -0.4 is 0 Å². The lowest BCUT2D eigenvalue weighted by atomic mass is 9.81. The van der Waals surface area contributed by atoms with E-state index in [1.165, 1.54) is 0 Å². The van der Waals surface area contributed by atoms with Gasteiger partial charge in [-0.1, -0.05) is 0 Å². The standard InChI is InChI=1S/C21H30O9.C18H24O9/c22-10-4-1-7-13-14(8-2-5-11-23)17(20(27)28)18(21(29)30)15(9-3-6-12-24)16(13)19(25)26;19-7-1-4-10-11(5-2-8-20)14(17(24)25)15(18(26)27)12(6-3-9-21)13(10)16(22)23/h22-24H,1-12H2,(H,25,26)(H,27,28)(H,29,30);19-21H,1-9H2,(H,22,23)(H,24,25)(H,26,27). The number of aliphatic hydroxyl groups is 6. The normalized spacial score (nSPS) is 10.8. The second-order valence-corrected chi connectivity index (χ2v) is 13.0. The summed E-state index contributed by atoms with van der Waals surface area (Å²) < 4.78 is 0. The number of benzene rings is 2. The number of hydrogen-bond donors (Lipinski definition) is 12. The number of carboxylic acids is 6. The summed E-state index contributed by atoms with van der Waals surface area (Å²) in [5.74, 6) is -8.78. The summed E-state index contributed by atoms with van der Waals surface area (Å²) in [4.78, 5) is 71.9. The van der Waals surface area contributed by atoms with Gasteiger partial charge in [-0.3, -0.25) is 0 Å². The molecule has 2 aromatic carbocycles. The van der Waals surface area contributed by atoms with Gasteiger partial charge in [0.15, 0.2) is 0 Å². The summed E-state index contributed by atoms with van der Waals surface area (Å²) in [7, 11) is 0. The van der Waals surface area contributed by atoms with Crippen molar-refractivity contribution in [1.82, 2.24) is 0 Å². The van der Waals surface area contributed by atoms with E-state index in [-0.39, 0.29) is 142 Å². The van der Waals surface area contributed by atoms with Gasteiger partial charge in [0.2, 0.25) is 0 Å². The zero-order valence-electron chi connectivity index (χ0n) is 31.7. The maximum absolute atomic E-state index is 12.2. The van der Waals surface area contributed by atoms with Gasteiger partial charge in [-0.25, -0.2) is 28.8 Å². The smallest absolute Gasteiger partial charge is 0.336 e. The topological polar surface area (TPSA) is 345 Å². The fourth-order valence-electron chi connectivity index (χ4n) is 6.89. The third-order valence-corrected chi connectivity index (χ3v) is 9.19. The first-order valence-corrected chi connectivity index (χ1v) is 18.6. The summed E-state index contributed by atoms with van der Waals surface area (Å²) in [6, 6.07) is 0. The molecule has 318 valence electrons. The van der Waals surface area contributed by atoms with Gasteiger partial charge in [0.25, 0.3) is 0 Å². The Morgan fingerprint density at radius 1 is 0.246 bits per heavy atom. The maximum atomic E-state index is 12.2. The Hall–Kier alpha value is -4.98. The van der Waals surface area contributed by atoms with Crippen LogP contribution in [0.15, 0.2) is 0 Å². The molecule has 0 unspecified atom stereocenters. The van der Waals surface area contributed by atoms with Gasteiger partial charge < -0.3 is 61.3 Å². The number of hydrogen-bond acceptors (Lipinski definition) is 12. The average Bonchev–Trinajstić information content (AvgIpc) is 3.14. The van der Waals surface area contributed by atoms with Crippen molar-refractivity contribution in [2.24, 2.45) is 0 Å². The van der Waals surface area contributed by atoms with Crippen molar-refractivity contribution >= 4 is 35.8 Å². The zero-order valence-corrected chi connectivity index (χ0v) is 31.7. The Labute approximate surface area is 328 Å². The number of aromatic carboxylic acids is 6. The van der Waals surface area contributed by atoms with Crippen LogP contribution in [0.1, 0.15) is 153 Å². The molecule has 0 bridgehead atoms. The summed E-state index contributed by atoms with van der Waals surface area (Å²) in [5.41, 5.74) is -2.10. The van der Waals surface area contributed by atoms with Crippen LogP contribution in [-0.4, -0.2) is 137 Å². The largest absolute Gasteiger partial charge is 0.478 e. The molecule has 0 heterocycles. The molecule has 12 N–H and O–H groups in total. The van der Waals surface area contributed by atoms with Crippen molar-refractivity contribution in [1.29, 1.82) is 0 Å². The summed E-state index contributed by atoms with van der Waals surface area (Å²) in [6.45, 7) is -1.25.